The molecule has 126 valence electrons. The molecule has 0 spiro atoms. The highest BCUT2D eigenvalue weighted by Gasteiger charge is 2.21. The molecule has 0 bridgehead atoms. The van der Waals surface area contributed by atoms with E-state index in [9.17, 15) is 14.7 Å². The molecule has 1 amide bonds. The Kier molecular flexibility index (Phi) is 5.22. The summed E-state index contributed by atoms with van der Waals surface area (Å²) in [5.74, 6) is -1.48. The van der Waals surface area contributed by atoms with Crippen molar-refractivity contribution in [2.24, 2.45) is 0 Å². The minimum absolute atomic E-state index is 0.0784. The van der Waals surface area contributed by atoms with E-state index in [4.69, 9.17) is 11.6 Å². The molecule has 2 N–H and O–H groups in total. The molecule has 3 rings (SSSR count). The third kappa shape index (κ3) is 3.92. The van der Waals surface area contributed by atoms with Crippen molar-refractivity contribution < 1.29 is 14.7 Å². The Morgan fingerprint density at radius 3 is 2.28 bits per heavy atom. The summed E-state index contributed by atoms with van der Waals surface area (Å²) in [4.78, 5) is 24.7. The Hall–Kier alpha value is -2.15. The Morgan fingerprint density at radius 2 is 1.68 bits per heavy atom. The summed E-state index contributed by atoms with van der Waals surface area (Å²) in [7, 11) is 0. The predicted octanol–water partition coefficient (Wildman–Crippen LogP) is 5.78. The van der Waals surface area contributed by atoms with Gasteiger partial charge in [0.15, 0.2) is 0 Å². The number of hydrogen-bond donors (Lipinski definition) is 2. The van der Waals surface area contributed by atoms with E-state index in [0.717, 1.165) is 10.0 Å². The van der Waals surface area contributed by atoms with Crippen molar-refractivity contribution in [2.45, 2.75) is 0 Å². The molecule has 0 saturated carbocycles. The molecule has 25 heavy (non-hydrogen) atoms. The zero-order valence-electron chi connectivity index (χ0n) is 12.6. The summed E-state index contributed by atoms with van der Waals surface area (Å²) in [5, 5.41) is 14.4. The normalized spacial score (nSPS) is 10.5. The van der Waals surface area contributed by atoms with Crippen molar-refractivity contribution in [1.82, 2.24) is 0 Å². The minimum atomic E-state index is -1.09. The number of aromatic carboxylic acids is 1. The number of carbonyl (C=O) groups excluding carboxylic acids is 1. The van der Waals surface area contributed by atoms with Gasteiger partial charge in [0.1, 0.15) is 5.56 Å². The van der Waals surface area contributed by atoms with Gasteiger partial charge in [0, 0.05) is 20.4 Å². The van der Waals surface area contributed by atoms with Gasteiger partial charge < -0.3 is 10.4 Å². The summed E-state index contributed by atoms with van der Waals surface area (Å²) in [6, 6.07) is 13.7. The highest BCUT2D eigenvalue weighted by molar-refractivity contribution is 9.10. The number of anilines is 1. The van der Waals surface area contributed by atoms with E-state index in [-0.39, 0.29) is 17.2 Å². The number of halogens is 2. The van der Waals surface area contributed by atoms with E-state index >= 15 is 0 Å². The standard InChI is InChI=1S/C18H11BrClNO3S/c19-12-5-1-10(2-6-12)16-15(18(23)24)14(9-25-16)21-17(22)11-3-7-13(20)8-4-11/h1-9H,(H,21,22)(H,23,24). The minimum Gasteiger partial charge on any atom is -0.478 e. The Labute approximate surface area is 161 Å². The van der Waals surface area contributed by atoms with Crippen molar-refractivity contribution >= 4 is 56.4 Å². The predicted molar refractivity (Wildman–Crippen MR) is 104 cm³/mol. The molecule has 1 heterocycles. The van der Waals surface area contributed by atoms with Crippen molar-refractivity contribution in [3.05, 3.63) is 74.5 Å². The van der Waals surface area contributed by atoms with Crippen LogP contribution >= 0.6 is 38.9 Å². The maximum absolute atomic E-state index is 12.3. The molecule has 0 aliphatic carbocycles. The quantitative estimate of drug-likeness (QED) is 0.544. The highest BCUT2D eigenvalue weighted by atomic mass is 79.9. The lowest BCUT2D eigenvalue weighted by Gasteiger charge is -2.06. The second-order valence-electron chi connectivity index (χ2n) is 5.13. The number of carboxylic acid groups (broad SMARTS) is 1. The number of nitrogens with one attached hydrogen (secondary N) is 1. The first-order chi connectivity index (χ1) is 12.0. The van der Waals surface area contributed by atoms with Crippen LogP contribution in [0.5, 0.6) is 0 Å². The molecular formula is C18H11BrClNO3S. The fraction of sp³-hybridized carbons (Fsp3) is 0. The Morgan fingerprint density at radius 1 is 1.04 bits per heavy atom. The van der Waals surface area contributed by atoms with Crippen LogP contribution in [0.3, 0.4) is 0 Å². The molecule has 1 aromatic heterocycles. The molecule has 0 unspecified atom stereocenters. The van der Waals surface area contributed by atoms with Gasteiger partial charge in [-0.05, 0) is 42.0 Å². The largest absolute Gasteiger partial charge is 0.478 e. The Bertz CT molecular complexity index is 936. The van der Waals surface area contributed by atoms with E-state index < -0.39 is 5.97 Å². The molecule has 0 atom stereocenters. The molecule has 0 radical (unpaired) electrons. The van der Waals surface area contributed by atoms with Crippen LogP contribution in [0.1, 0.15) is 20.7 Å². The zero-order valence-corrected chi connectivity index (χ0v) is 15.8. The van der Waals surface area contributed by atoms with E-state index in [1.807, 2.05) is 24.3 Å². The van der Waals surface area contributed by atoms with Crippen molar-refractivity contribution in [2.75, 3.05) is 5.32 Å². The summed E-state index contributed by atoms with van der Waals surface area (Å²) < 4.78 is 0.904. The summed E-state index contributed by atoms with van der Waals surface area (Å²) >= 11 is 10.4. The molecular weight excluding hydrogens is 426 g/mol. The van der Waals surface area contributed by atoms with Crippen LogP contribution in [0.15, 0.2) is 58.4 Å². The average Bonchev–Trinajstić information content (AvgIpc) is 3.00. The lowest BCUT2D eigenvalue weighted by molar-refractivity contribution is 0.0699. The maximum atomic E-state index is 12.3. The van der Waals surface area contributed by atoms with Gasteiger partial charge in [0.2, 0.25) is 0 Å². The van der Waals surface area contributed by atoms with Crippen LogP contribution in [-0.2, 0) is 0 Å². The van der Waals surface area contributed by atoms with Gasteiger partial charge in [-0.15, -0.1) is 11.3 Å². The number of hydrogen-bond acceptors (Lipinski definition) is 3. The second kappa shape index (κ2) is 7.39. The SMILES string of the molecule is O=C(Nc1csc(-c2ccc(Br)cc2)c1C(=O)O)c1ccc(Cl)cc1. The average molecular weight is 437 g/mol. The summed E-state index contributed by atoms with van der Waals surface area (Å²) in [6.07, 6.45) is 0. The number of amides is 1. The smallest absolute Gasteiger partial charge is 0.339 e. The van der Waals surface area contributed by atoms with Gasteiger partial charge in [-0.2, -0.15) is 0 Å². The first kappa shape index (κ1) is 17.7. The van der Waals surface area contributed by atoms with E-state index in [2.05, 4.69) is 21.2 Å². The first-order valence-corrected chi connectivity index (χ1v) is 9.18. The third-order valence-corrected chi connectivity index (χ3v) is 5.28. The lowest BCUT2D eigenvalue weighted by atomic mass is 10.1. The lowest BCUT2D eigenvalue weighted by Crippen LogP contribution is -2.13. The monoisotopic (exact) mass is 435 g/mol. The van der Waals surface area contributed by atoms with Gasteiger partial charge in [-0.25, -0.2) is 4.79 Å². The fourth-order valence-corrected chi connectivity index (χ4v) is 3.66. The van der Waals surface area contributed by atoms with Gasteiger partial charge in [0.25, 0.3) is 5.91 Å². The van der Waals surface area contributed by atoms with Crippen LogP contribution in [-0.4, -0.2) is 17.0 Å². The molecule has 2 aromatic carbocycles. The van der Waals surface area contributed by atoms with E-state index in [1.165, 1.54) is 11.3 Å². The van der Waals surface area contributed by atoms with Crippen LogP contribution in [0.2, 0.25) is 5.02 Å². The van der Waals surface area contributed by atoms with Crippen molar-refractivity contribution in [1.29, 1.82) is 0 Å². The fourth-order valence-electron chi connectivity index (χ4n) is 2.27. The molecule has 0 aliphatic heterocycles. The van der Waals surface area contributed by atoms with Crippen molar-refractivity contribution in [3.8, 4) is 10.4 Å². The van der Waals surface area contributed by atoms with Gasteiger partial charge >= 0.3 is 5.97 Å². The van der Waals surface area contributed by atoms with Gasteiger partial charge in [0.05, 0.1) is 10.6 Å². The number of benzene rings is 2. The molecule has 0 saturated heterocycles. The zero-order chi connectivity index (χ0) is 18.0. The summed E-state index contributed by atoms with van der Waals surface area (Å²) in [6.45, 7) is 0. The molecule has 7 heteroatoms. The third-order valence-electron chi connectivity index (χ3n) is 3.47. The number of carbonyl (C=O) groups is 2. The molecule has 4 nitrogen and oxygen atoms in total. The van der Waals surface area contributed by atoms with E-state index in [1.54, 1.807) is 29.6 Å². The van der Waals surface area contributed by atoms with Gasteiger partial charge in [-0.1, -0.05) is 39.7 Å². The second-order valence-corrected chi connectivity index (χ2v) is 7.36. The van der Waals surface area contributed by atoms with E-state index in [0.29, 0.717) is 15.5 Å². The van der Waals surface area contributed by atoms with Gasteiger partial charge in [-0.3, -0.25) is 4.79 Å². The van der Waals surface area contributed by atoms with Crippen LogP contribution in [0.25, 0.3) is 10.4 Å². The number of rotatable bonds is 4. The highest BCUT2D eigenvalue weighted by Crippen LogP contribution is 2.36. The van der Waals surface area contributed by atoms with Crippen LogP contribution in [0.4, 0.5) is 5.69 Å². The maximum Gasteiger partial charge on any atom is 0.339 e. The van der Waals surface area contributed by atoms with Crippen LogP contribution < -0.4 is 5.32 Å². The molecule has 0 aliphatic rings. The summed E-state index contributed by atoms with van der Waals surface area (Å²) in [5.41, 5.74) is 1.53. The molecule has 3 aromatic rings. The molecule has 0 fully saturated rings. The Balaban J connectivity index is 1.94. The number of thiophene rings is 1. The topological polar surface area (TPSA) is 66.4 Å². The number of carboxylic acids is 1. The first-order valence-electron chi connectivity index (χ1n) is 7.13. The van der Waals surface area contributed by atoms with Crippen molar-refractivity contribution in [3.63, 3.8) is 0 Å². The van der Waals surface area contributed by atoms with Crippen LogP contribution in [0, 0.1) is 0 Å².